The second-order valence-electron chi connectivity index (χ2n) is 5.23. The van der Waals surface area contributed by atoms with Crippen LogP contribution in [-0.4, -0.2) is 68.7 Å². The van der Waals surface area contributed by atoms with E-state index in [0.717, 1.165) is 4.90 Å². The Balaban J connectivity index is 0. The van der Waals surface area contributed by atoms with Gasteiger partial charge in [0.1, 0.15) is 22.2 Å². The summed E-state index contributed by atoms with van der Waals surface area (Å²) in [6.45, 7) is -1.15. The van der Waals surface area contributed by atoms with Crippen LogP contribution in [0.1, 0.15) is 0 Å². The van der Waals surface area contributed by atoms with Crippen LogP contribution in [0.4, 0.5) is 4.79 Å². The number of rotatable bonds is 6. The molecule has 2 heterocycles. The molecule has 3 amide bonds. The predicted molar refractivity (Wildman–Crippen MR) is 81.0 cm³/mol. The van der Waals surface area contributed by atoms with Crippen molar-refractivity contribution in [1.29, 1.82) is 0 Å². The average molecular weight is 598 g/mol. The van der Waals surface area contributed by atoms with Crippen molar-refractivity contribution in [3.63, 3.8) is 0 Å². The fraction of sp³-hybridized carbons (Fsp3) is 0.778. The fourth-order valence-corrected chi connectivity index (χ4v) is 4.33. The van der Waals surface area contributed by atoms with Crippen LogP contribution in [0.15, 0.2) is 0 Å². The molecule has 0 radical (unpaired) electrons. The molecule has 6 atom stereocenters. The van der Waals surface area contributed by atoms with Gasteiger partial charge in [0.15, 0.2) is 6.23 Å². The van der Waals surface area contributed by atoms with Gasteiger partial charge in [-0.1, -0.05) is 22.6 Å². The van der Waals surface area contributed by atoms with Crippen molar-refractivity contribution in [3.05, 3.63) is 0 Å². The van der Waals surface area contributed by atoms with E-state index in [1.807, 2.05) is 5.32 Å². The van der Waals surface area contributed by atoms with E-state index < -0.39 is 62.7 Å². The maximum absolute atomic E-state index is 11.8. The molecule has 2 aliphatic rings. The third-order valence-electron chi connectivity index (χ3n) is 3.37. The minimum atomic E-state index is -5.88. The van der Waals surface area contributed by atoms with E-state index in [0.29, 0.717) is 0 Å². The maximum atomic E-state index is 11.8. The Hall–Kier alpha value is 2.81. The number of hydrogen-bond donors (Lipinski definition) is 3. The molecule has 2 aliphatic heterocycles. The van der Waals surface area contributed by atoms with Crippen LogP contribution in [0.2, 0.25) is 0 Å². The summed E-state index contributed by atoms with van der Waals surface area (Å²) in [4.78, 5) is 56.0. The van der Waals surface area contributed by atoms with E-state index in [1.165, 1.54) is 0 Å². The quantitative estimate of drug-likeness (QED) is 0.112. The van der Waals surface area contributed by atoms with Crippen molar-refractivity contribution < 1.29 is 146 Å². The van der Waals surface area contributed by atoms with Gasteiger partial charge >= 0.3 is 94.7 Å². The van der Waals surface area contributed by atoms with Crippen molar-refractivity contribution in [2.24, 2.45) is 0 Å². The summed E-state index contributed by atoms with van der Waals surface area (Å²) in [5.74, 6) is -0.552. The van der Waals surface area contributed by atoms with Crippen molar-refractivity contribution >= 4 is 50.2 Å². The van der Waals surface area contributed by atoms with Crippen molar-refractivity contribution in [1.82, 2.24) is 10.2 Å². The molecule has 2 unspecified atom stereocenters. The SMILES string of the molecule is O=C1NC(=O)N([C@@H]2O[C@H](COP(=O)([O-])OP(=O)([O-])[O-])[C@@H](O)[C@H]2O)CC1I.[Na+].[Na+].[Na+]. The van der Waals surface area contributed by atoms with Crippen LogP contribution < -0.4 is 109 Å². The Morgan fingerprint density at radius 3 is 2.24 bits per heavy atom. The Morgan fingerprint density at radius 2 is 1.72 bits per heavy atom. The molecular formula is C9H12IN2Na3O12P2. The number of imide groups is 1. The first kappa shape index (κ1) is 34.0. The van der Waals surface area contributed by atoms with Gasteiger partial charge in [-0.2, -0.15) is 0 Å². The minimum absolute atomic E-state index is 0. The van der Waals surface area contributed by atoms with Gasteiger partial charge in [0.2, 0.25) is 5.91 Å². The Kier molecular flexibility index (Phi) is 16.0. The van der Waals surface area contributed by atoms with E-state index in [-0.39, 0.29) is 95.2 Å². The summed E-state index contributed by atoms with van der Waals surface area (Å²) in [6, 6.07) is -0.891. The third-order valence-corrected chi connectivity index (χ3v) is 6.40. The number of alkyl halides is 1. The fourth-order valence-electron chi connectivity index (χ4n) is 2.25. The molecule has 0 aromatic rings. The smallest absolute Gasteiger partial charge is 0.790 e. The standard InChI is InChI=1S/C9H15IN2O12P2.3Na/c10-3-1-12(9(16)11-7(3)15)8-6(14)5(13)4(23-8)2-22-26(20,21)24-25(17,18)19;;;/h3-6,8,13-14H,1-2H2,(H,20,21)(H,11,15,16)(H2,17,18,19);;;/q;3*+1/p-3/t3?,4-,5-,6-,8-;;;/m1.../s1. The number of amides is 3. The first-order valence-corrected chi connectivity index (χ1v) is 10.9. The number of hydrogen-bond acceptors (Lipinski definition) is 12. The number of phosphoric ester groups is 1. The van der Waals surface area contributed by atoms with E-state index in [1.54, 1.807) is 22.6 Å². The topological polar surface area (TPSA) is 221 Å². The third kappa shape index (κ3) is 9.91. The van der Waals surface area contributed by atoms with Crippen LogP contribution in [0.3, 0.4) is 0 Å². The molecule has 14 nitrogen and oxygen atoms in total. The zero-order valence-electron chi connectivity index (χ0n) is 15.5. The van der Waals surface area contributed by atoms with Gasteiger partial charge in [-0.05, 0) is 0 Å². The van der Waals surface area contributed by atoms with Gasteiger partial charge < -0.3 is 38.7 Å². The van der Waals surface area contributed by atoms with Crippen molar-refractivity contribution in [3.8, 4) is 0 Å². The summed E-state index contributed by atoms with van der Waals surface area (Å²) in [6.07, 6.45) is -6.33. The number of aliphatic hydroxyl groups excluding tert-OH is 2. The number of phosphoric acid groups is 2. The number of nitrogens with one attached hydrogen (secondary N) is 1. The molecule has 0 bridgehead atoms. The number of ether oxygens (including phenoxy) is 1. The molecule has 20 heteroatoms. The summed E-state index contributed by atoms with van der Waals surface area (Å²) < 4.78 is 33.4. The minimum Gasteiger partial charge on any atom is -0.790 e. The molecule has 150 valence electrons. The van der Waals surface area contributed by atoms with Gasteiger partial charge in [0.05, 0.1) is 14.4 Å². The maximum Gasteiger partial charge on any atom is 1.00 e. The van der Waals surface area contributed by atoms with Crippen LogP contribution >= 0.6 is 38.2 Å². The molecule has 2 rings (SSSR count). The van der Waals surface area contributed by atoms with Crippen LogP contribution in [-0.2, 0) is 27.5 Å². The number of halogens is 1. The number of carbonyl (C=O) groups is 2. The molecular weight excluding hydrogens is 586 g/mol. The van der Waals surface area contributed by atoms with Gasteiger partial charge in [-0.15, -0.1) is 0 Å². The molecule has 0 aromatic heterocycles. The summed E-state index contributed by atoms with van der Waals surface area (Å²) in [5.41, 5.74) is 0. The summed E-state index contributed by atoms with van der Waals surface area (Å²) >= 11 is 1.74. The second-order valence-corrected chi connectivity index (χ2v) is 9.44. The van der Waals surface area contributed by atoms with Gasteiger partial charge in [-0.25, -0.2) is 4.79 Å². The van der Waals surface area contributed by atoms with E-state index >= 15 is 0 Å². The largest absolute Gasteiger partial charge is 1.00 e. The second kappa shape index (κ2) is 13.6. The molecule has 0 saturated carbocycles. The van der Waals surface area contributed by atoms with Crippen molar-refractivity contribution in [2.75, 3.05) is 13.2 Å². The first-order valence-electron chi connectivity index (χ1n) is 6.77. The van der Waals surface area contributed by atoms with E-state index in [9.17, 15) is 43.6 Å². The predicted octanol–water partition coefficient (Wildman–Crippen LogP) is -12.9. The van der Waals surface area contributed by atoms with Crippen LogP contribution in [0.5, 0.6) is 0 Å². The first-order chi connectivity index (χ1) is 11.8. The Labute approximate surface area is 244 Å². The van der Waals surface area contributed by atoms with Crippen molar-refractivity contribution in [2.45, 2.75) is 28.5 Å². The number of carbonyl (C=O) groups excluding carboxylic acids is 2. The summed E-state index contributed by atoms with van der Waals surface area (Å²) in [5, 5.41) is 21.9. The number of nitrogens with zero attached hydrogens (tertiary/aromatic N) is 1. The number of urea groups is 1. The molecule has 0 aromatic carbocycles. The van der Waals surface area contributed by atoms with Gasteiger partial charge in [0, 0.05) is 6.54 Å². The van der Waals surface area contributed by atoms with Gasteiger partial charge in [-0.3, -0.25) is 23.9 Å². The van der Waals surface area contributed by atoms with E-state index in [4.69, 9.17) is 4.74 Å². The molecule has 2 fully saturated rings. The number of aliphatic hydroxyl groups is 2. The Bertz CT molecular complexity index is 685. The molecule has 0 aliphatic carbocycles. The monoisotopic (exact) mass is 598 g/mol. The molecule has 3 N–H and O–H groups in total. The zero-order valence-corrected chi connectivity index (χ0v) is 25.4. The van der Waals surface area contributed by atoms with Crippen LogP contribution in [0, 0.1) is 0 Å². The van der Waals surface area contributed by atoms with E-state index in [2.05, 4.69) is 8.83 Å². The van der Waals surface area contributed by atoms with Crippen LogP contribution in [0.25, 0.3) is 0 Å². The average Bonchev–Trinajstić information content (AvgIpc) is 2.75. The normalized spacial score (nSPS) is 31.7. The molecule has 0 spiro atoms. The Morgan fingerprint density at radius 1 is 1.17 bits per heavy atom. The summed E-state index contributed by atoms with van der Waals surface area (Å²) in [7, 11) is -11.4. The van der Waals surface area contributed by atoms with Gasteiger partial charge in [0.25, 0.3) is 7.82 Å². The molecule has 2 saturated heterocycles. The molecule has 29 heavy (non-hydrogen) atoms. The zero-order chi connectivity index (χ0) is 19.9.